The number of hydrogen-bond donors (Lipinski definition) is 2. The van der Waals surface area contributed by atoms with E-state index in [2.05, 4.69) is 10.6 Å². The average molecular weight is 470 g/mol. The molecule has 0 aliphatic carbocycles. The number of ether oxygens (including phenoxy) is 1. The first kappa shape index (κ1) is 24.2. The molecule has 3 rings (SSSR count). The number of benzene rings is 1. The summed E-state index contributed by atoms with van der Waals surface area (Å²) in [6.07, 6.45) is 1.59. The lowest BCUT2D eigenvalue weighted by atomic mass is 10.1. The lowest BCUT2D eigenvalue weighted by Crippen LogP contribution is -2.32. The van der Waals surface area contributed by atoms with Crippen molar-refractivity contribution >= 4 is 34.1 Å². The Labute approximate surface area is 196 Å². The highest BCUT2D eigenvalue weighted by Crippen LogP contribution is 2.27. The van der Waals surface area contributed by atoms with Crippen molar-refractivity contribution in [3.63, 3.8) is 0 Å². The van der Waals surface area contributed by atoms with Crippen LogP contribution in [0.4, 0.5) is 5.00 Å². The molecule has 0 aliphatic heterocycles. The standard InChI is InChI=1S/C24H27N3O5S/c1-4-31-24(30)22-16(2)12-21(33-22)26-20(28)15-27(14-19-6-5-11-32-19)13-17-7-9-18(10-8-17)23(29)25-3/h5-12H,4,13-15H2,1-3H3,(H,25,29)(H,26,28). The average Bonchev–Trinajstić information content (AvgIpc) is 3.43. The molecule has 9 heteroatoms. The number of esters is 1. The maximum atomic E-state index is 12.8. The third-order valence-corrected chi connectivity index (χ3v) is 5.95. The van der Waals surface area contributed by atoms with Crippen LogP contribution in [0.3, 0.4) is 0 Å². The van der Waals surface area contributed by atoms with E-state index in [1.54, 1.807) is 44.5 Å². The molecular formula is C24H27N3O5S. The highest BCUT2D eigenvalue weighted by Gasteiger charge is 2.18. The predicted molar refractivity (Wildman–Crippen MR) is 126 cm³/mol. The van der Waals surface area contributed by atoms with Crippen molar-refractivity contribution in [1.29, 1.82) is 0 Å². The Morgan fingerprint density at radius 2 is 1.88 bits per heavy atom. The second-order valence-electron chi connectivity index (χ2n) is 7.39. The first-order valence-electron chi connectivity index (χ1n) is 10.5. The van der Waals surface area contributed by atoms with E-state index in [4.69, 9.17) is 9.15 Å². The van der Waals surface area contributed by atoms with Gasteiger partial charge in [-0.15, -0.1) is 11.3 Å². The molecule has 2 amide bonds. The van der Waals surface area contributed by atoms with Crippen molar-refractivity contribution in [2.24, 2.45) is 0 Å². The Hall–Kier alpha value is -3.43. The van der Waals surface area contributed by atoms with Gasteiger partial charge in [-0.25, -0.2) is 4.79 Å². The molecular weight excluding hydrogens is 442 g/mol. The van der Waals surface area contributed by atoms with Crippen LogP contribution in [0.15, 0.2) is 53.1 Å². The van der Waals surface area contributed by atoms with Gasteiger partial charge in [-0.3, -0.25) is 14.5 Å². The maximum absolute atomic E-state index is 12.8. The van der Waals surface area contributed by atoms with Gasteiger partial charge in [0.05, 0.1) is 31.0 Å². The second-order valence-corrected chi connectivity index (χ2v) is 8.44. The SMILES string of the molecule is CCOC(=O)c1sc(NC(=O)CN(Cc2ccc(C(=O)NC)cc2)Cc2ccco2)cc1C. The molecule has 2 heterocycles. The van der Waals surface area contributed by atoms with E-state index in [0.29, 0.717) is 35.1 Å². The minimum absolute atomic E-state index is 0.115. The highest BCUT2D eigenvalue weighted by atomic mass is 32.1. The van der Waals surface area contributed by atoms with Gasteiger partial charge in [-0.05, 0) is 55.3 Å². The second kappa shape index (κ2) is 11.4. The topological polar surface area (TPSA) is 101 Å². The van der Waals surface area contributed by atoms with E-state index in [-0.39, 0.29) is 24.3 Å². The Morgan fingerprint density at radius 3 is 2.52 bits per heavy atom. The van der Waals surface area contributed by atoms with Crippen LogP contribution in [-0.4, -0.2) is 42.9 Å². The summed E-state index contributed by atoms with van der Waals surface area (Å²) < 4.78 is 10.5. The van der Waals surface area contributed by atoms with Crippen LogP contribution >= 0.6 is 11.3 Å². The van der Waals surface area contributed by atoms with Crippen molar-refractivity contribution < 1.29 is 23.5 Å². The molecule has 2 N–H and O–H groups in total. The van der Waals surface area contributed by atoms with Crippen molar-refractivity contribution in [3.05, 3.63) is 76.1 Å². The van der Waals surface area contributed by atoms with Crippen LogP contribution in [0.1, 0.15) is 43.8 Å². The number of carbonyl (C=O) groups excluding carboxylic acids is 3. The fourth-order valence-corrected chi connectivity index (χ4v) is 4.26. The monoisotopic (exact) mass is 469 g/mol. The number of nitrogens with zero attached hydrogens (tertiary/aromatic N) is 1. The lowest BCUT2D eigenvalue weighted by Gasteiger charge is -2.21. The fraction of sp³-hybridized carbons (Fsp3) is 0.292. The van der Waals surface area contributed by atoms with Crippen LogP contribution in [0, 0.1) is 6.92 Å². The van der Waals surface area contributed by atoms with Gasteiger partial charge >= 0.3 is 5.97 Å². The Balaban J connectivity index is 1.68. The van der Waals surface area contributed by atoms with E-state index in [0.717, 1.165) is 16.9 Å². The number of amides is 2. The normalized spacial score (nSPS) is 10.8. The molecule has 0 bridgehead atoms. The molecule has 0 spiro atoms. The summed E-state index contributed by atoms with van der Waals surface area (Å²) in [5, 5.41) is 6.06. The van der Waals surface area contributed by atoms with Crippen molar-refractivity contribution in [1.82, 2.24) is 10.2 Å². The molecule has 1 aromatic carbocycles. The predicted octanol–water partition coefficient (Wildman–Crippen LogP) is 3.83. The fourth-order valence-electron chi connectivity index (χ4n) is 3.28. The molecule has 0 radical (unpaired) electrons. The van der Waals surface area contributed by atoms with Crippen LogP contribution in [0.25, 0.3) is 0 Å². The molecule has 0 saturated carbocycles. The summed E-state index contributed by atoms with van der Waals surface area (Å²) in [6, 6.07) is 12.7. The van der Waals surface area contributed by atoms with Gasteiger partial charge in [0.1, 0.15) is 10.6 Å². The third-order valence-electron chi connectivity index (χ3n) is 4.82. The first-order chi connectivity index (χ1) is 15.9. The molecule has 0 unspecified atom stereocenters. The van der Waals surface area contributed by atoms with Gasteiger partial charge in [0, 0.05) is 19.2 Å². The van der Waals surface area contributed by atoms with Gasteiger partial charge < -0.3 is 19.8 Å². The number of hydrogen-bond acceptors (Lipinski definition) is 7. The zero-order chi connectivity index (χ0) is 23.8. The number of anilines is 1. The quantitative estimate of drug-likeness (QED) is 0.438. The van der Waals surface area contributed by atoms with E-state index < -0.39 is 0 Å². The number of nitrogens with one attached hydrogen (secondary N) is 2. The van der Waals surface area contributed by atoms with Crippen LogP contribution < -0.4 is 10.6 Å². The number of aryl methyl sites for hydroxylation is 1. The Morgan fingerprint density at radius 1 is 1.12 bits per heavy atom. The molecule has 33 heavy (non-hydrogen) atoms. The zero-order valence-electron chi connectivity index (χ0n) is 18.8. The Kier molecular flexibility index (Phi) is 8.39. The molecule has 0 fully saturated rings. The molecule has 2 aromatic heterocycles. The minimum Gasteiger partial charge on any atom is -0.468 e. The van der Waals surface area contributed by atoms with Gasteiger partial charge in [-0.2, -0.15) is 0 Å². The number of furan rings is 1. The smallest absolute Gasteiger partial charge is 0.348 e. The third kappa shape index (κ3) is 6.77. The van der Waals surface area contributed by atoms with Crippen molar-refractivity contribution in [3.8, 4) is 0 Å². The van der Waals surface area contributed by atoms with E-state index in [1.807, 2.05) is 30.0 Å². The maximum Gasteiger partial charge on any atom is 0.348 e. The van der Waals surface area contributed by atoms with E-state index >= 15 is 0 Å². The Bertz CT molecular complexity index is 1090. The van der Waals surface area contributed by atoms with Crippen molar-refractivity contribution in [2.45, 2.75) is 26.9 Å². The van der Waals surface area contributed by atoms with Crippen molar-refractivity contribution in [2.75, 3.05) is 25.5 Å². The molecule has 0 atom stereocenters. The highest BCUT2D eigenvalue weighted by molar-refractivity contribution is 7.18. The van der Waals surface area contributed by atoms with Gasteiger partial charge in [-0.1, -0.05) is 12.1 Å². The first-order valence-corrected chi connectivity index (χ1v) is 11.3. The summed E-state index contributed by atoms with van der Waals surface area (Å²) in [4.78, 5) is 39.0. The molecule has 3 aromatic rings. The van der Waals surface area contributed by atoms with Crippen LogP contribution in [0.5, 0.6) is 0 Å². The summed E-state index contributed by atoms with van der Waals surface area (Å²) in [6.45, 7) is 4.90. The summed E-state index contributed by atoms with van der Waals surface area (Å²) in [5.41, 5.74) is 2.29. The number of thiophene rings is 1. The summed E-state index contributed by atoms with van der Waals surface area (Å²) in [7, 11) is 1.59. The lowest BCUT2D eigenvalue weighted by molar-refractivity contribution is -0.117. The van der Waals surface area contributed by atoms with E-state index in [1.165, 1.54) is 11.3 Å². The van der Waals surface area contributed by atoms with Crippen LogP contribution in [-0.2, 0) is 22.6 Å². The number of rotatable bonds is 10. The number of carbonyl (C=O) groups is 3. The van der Waals surface area contributed by atoms with E-state index in [9.17, 15) is 14.4 Å². The summed E-state index contributed by atoms with van der Waals surface area (Å²) in [5.74, 6) is -0.0107. The van der Waals surface area contributed by atoms with Crippen LogP contribution in [0.2, 0.25) is 0 Å². The molecule has 8 nitrogen and oxygen atoms in total. The van der Waals surface area contributed by atoms with Gasteiger partial charge in [0.25, 0.3) is 5.91 Å². The van der Waals surface area contributed by atoms with Gasteiger partial charge in [0.15, 0.2) is 0 Å². The zero-order valence-corrected chi connectivity index (χ0v) is 19.7. The van der Waals surface area contributed by atoms with Gasteiger partial charge in [0.2, 0.25) is 5.91 Å². The largest absolute Gasteiger partial charge is 0.468 e. The molecule has 0 saturated heterocycles. The molecule has 0 aliphatic rings. The molecule has 174 valence electrons. The summed E-state index contributed by atoms with van der Waals surface area (Å²) >= 11 is 1.20. The minimum atomic E-state index is -0.389.